The zero-order chi connectivity index (χ0) is 15.5. The molecule has 1 unspecified atom stereocenters. The molecule has 1 heterocycles. The van der Waals surface area contributed by atoms with Gasteiger partial charge < -0.3 is 14.8 Å². The summed E-state index contributed by atoms with van der Waals surface area (Å²) < 4.78 is 30.6. The summed E-state index contributed by atoms with van der Waals surface area (Å²) in [6.07, 6.45) is 0. The molecular formula is C11H16N2O6S. The Labute approximate surface area is 116 Å². The van der Waals surface area contributed by atoms with Gasteiger partial charge in [-0.25, -0.2) is 13.2 Å². The molecule has 20 heavy (non-hydrogen) atoms. The second kappa shape index (κ2) is 6.06. The summed E-state index contributed by atoms with van der Waals surface area (Å²) >= 11 is 0. The molecular weight excluding hydrogens is 288 g/mol. The number of carbonyl (C=O) groups is 2. The van der Waals surface area contributed by atoms with Crippen LogP contribution in [0.1, 0.15) is 31.3 Å². The van der Waals surface area contributed by atoms with E-state index >= 15 is 0 Å². The van der Waals surface area contributed by atoms with E-state index < -0.39 is 38.8 Å². The molecule has 0 aliphatic heterocycles. The maximum absolute atomic E-state index is 11.9. The fraction of sp³-hybridized carbons (Fsp3) is 0.455. The van der Waals surface area contributed by atoms with E-state index in [-0.39, 0.29) is 6.04 Å². The molecule has 1 aromatic heterocycles. The van der Waals surface area contributed by atoms with Crippen molar-refractivity contribution in [1.29, 1.82) is 0 Å². The quantitative estimate of drug-likeness (QED) is 0.687. The smallest absolute Gasteiger partial charge is 0.371 e. The van der Waals surface area contributed by atoms with Gasteiger partial charge in [0.15, 0.2) is 0 Å². The molecule has 0 saturated heterocycles. The predicted octanol–water partition coefficient (Wildman–Crippen LogP) is 0.169. The topological polar surface area (TPSA) is 126 Å². The lowest BCUT2D eigenvalue weighted by molar-refractivity contribution is -0.122. The lowest BCUT2D eigenvalue weighted by atomic mass is 10.3. The molecule has 1 aromatic rings. The highest BCUT2D eigenvalue weighted by atomic mass is 32.2. The minimum Gasteiger partial charge on any atom is -0.475 e. The van der Waals surface area contributed by atoms with Gasteiger partial charge in [0.05, 0.1) is 6.04 Å². The second-order valence-corrected chi connectivity index (χ2v) is 6.08. The summed E-state index contributed by atoms with van der Waals surface area (Å²) in [6.45, 7) is 4.85. The fourth-order valence-corrected chi connectivity index (χ4v) is 2.47. The third kappa shape index (κ3) is 4.07. The minimum absolute atomic E-state index is 0.128. The molecule has 0 fully saturated rings. The van der Waals surface area contributed by atoms with Gasteiger partial charge >= 0.3 is 5.97 Å². The number of hydrogen-bond donors (Lipinski definition) is 3. The number of aromatic carboxylic acids is 1. The van der Waals surface area contributed by atoms with Crippen LogP contribution in [0.25, 0.3) is 0 Å². The molecule has 3 N–H and O–H groups in total. The van der Waals surface area contributed by atoms with Crippen molar-refractivity contribution in [1.82, 2.24) is 10.0 Å². The molecule has 0 aromatic carbocycles. The number of rotatable bonds is 6. The average molecular weight is 304 g/mol. The maximum atomic E-state index is 11.9. The van der Waals surface area contributed by atoms with Gasteiger partial charge in [0.1, 0.15) is 0 Å². The Bertz CT molecular complexity index is 604. The van der Waals surface area contributed by atoms with E-state index in [0.717, 1.165) is 12.1 Å². The van der Waals surface area contributed by atoms with Crippen LogP contribution in [0, 0.1) is 0 Å². The van der Waals surface area contributed by atoms with Crippen molar-refractivity contribution in [3.8, 4) is 0 Å². The van der Waals surface area contributed by atoms with E-state index in [1.165, 1.54) is 6.92 Å². The molecule has 0 bridgehead atoms. The number of sulfonamides is 1. The van der Waals surface area contributed by atoms with E-state index in [0.29, 0.717) is 0 Å². The van der Waals surface area contributed by atoms with E-state index in [1.807, 2.05) is 0 Å². The Kier molecular flexibility index (Phi) is 4.90. The molecule has 0 spiro atoms. The summed E-state index contributed by atoms with van der Waals surface area (Å²) in [5.41, 5.74) is 0. The third-order valence-electron chi connectivity index (χ3n) is 2.21. The maximum Gasteiger partial charge on any atom is 0.371 e. The monoisotopic (exact) mass is 304 g/mol. The number of hydrogen-bond acceptors (Lipinski definition) is 5. The van der Waals surface area contributed by atoms with Crippen LogP contribution in [-0.4, -0.2) is 37.5 Å². The number of carboxylic acids is 1. The standard InChI is InChI=1S/C11H16N2O6S/c1-6(2)12-10(14)7(3)13-20(17,18)9-5-4-8(19-9)11(15)16/h4-7,13H,1-3H3,(H,12,14)(H,15,16). The summed E-state index contributed by atoms with van der Waals surface area (Å²) in [5, 5.41) is 10.7. The van der Waals surface area contributed by atoms with Gasteiger partial charge in [-0.05, 0) is 32.9 Å². The van der Waals surface area contributed by atoms with Crippen LogP contribution in [-0.2, 0) is 14.8 Å². The van der Waals surface area contributed by atoms with Crippen molar-refractivity contribution in [3.05, 3.63) is 17.9 Å². The molecule has 0 aliphatic rings. The van der Waals surface area contributed by atoms with Crippen molar-refractivity contribution in [2.75, 3.05) is 0 Å². The van der Waals surface area contributed by atoms with E-state index in [9.17, 15) is 18.0 Å². The van der Waals surface area contributed by atoms with Crippen LogP contribution in [0.5, 0.6) is 0 Å². The van der Waals surface area contributed by atoms with E-state index in [4.69, 9.17) is 5.11 Å². The van der Waals surface area contributed by atoms with Gasteiger partial charge in [-0.2, -0.15) is 4.72 Å². The van der Waals surface area contributed by atoms with Gasteiger partial charge in [-0.3, -0.25) is 4.79 Å². The fourth-order valence-electron chi connectivity index (χ4n) is 1.33. The Morgan fingerprint density at radius 1 is 1.25 bits per heavy atom. The normalized spacial score (nSPS) is 13.2. The van der Waals surface area contributed by atoms with Crippen LogP contribution in [0.2, 0.25) is 0 Å². The molecule has 9 heteroatoms. The minimum atomic E-state index is -4.09. The first-order valence-electron chi connectivity index (χ1n) is 5.79. The van der Waals surface area contributed by atoms with Crippen molar-refractivity contribution in [2.45, 2.75) is 37.9 Å². The van der Waals surface area contributed by atoms with Crippen LogP contribution in [0.4, 0.5) is 0 Å². The summed E-state index contributed by atoms with van der Waals surface area (Å²) in [4.78, 5) is 22.2. The number of carboxylic acid groups (broad SMARTS) is 1. The number of nitrogens with one attached hydrogen (secondary N) is 2. The number of carbonyl (C=O) groups excluding carboxylic acids is 1. The van der Waals surface area contributed by atoms with E-state index in [2.05, 4.69) is 14.5 Å². The highest BCUT2D eigenvalue weighted by Gasteiger charge is 2.26. The first-order valence-corrected chi connectivity index (χ1v) is 7.27. The molecule has 1 amide bonds. The zero-order valence-electron chi connectivity index (χ0n) is 11.2. The molecule has 0 radical (unpaired) electrons. The SMILES string of the molecule is CC(C)NC(=O)C(C)NS(=O)(=O)c1ccc(C(=O)O)o1. The Hall–Kier alpha value is -1.87. The molecule has 0 saturated carbocycles. The van der Waals surface area contributed by atoms with E-state index in [1.54, 1.807) is 13.8 Å². The lowest BCUT2D eigenvalue weighted by Crippen LogP contribution is -2.46. The largest absolute Gasteiger partial charge is 0.475 e. The summed E-state index contributed by atoms with van der Waals surface area (Å²) in [7, 11) is -4.09. The van der Waals surface area contributed by atoms with Crippen LogP contribution >= 0.6 is 0 Å². The first-order chi connectivity index (χ1) is 9.13. The van der Waals surface area contributed by atoms with Crippen LogP contribution < -0.4 is 10.0 Å². The van der Waals surface area contributed by atoms with Gasteiger partial charge in [0.2, 0.25) is 16.8 Å². The van der Waals surface area contributed by atoms with Crippen LogP contribution in [0.15, 0.2) is 21.6 Å². The van der Waals surface area contributed by atoms with Crippen molar-refractivity contribution in [2.24, 2.45) is 0 Å². The van der Waals surface area contributed by atoms with Crippen molar-refractivity contribution < 1.29 is 27.5 Å². The lowest BCUT2D eigenvalue weighted by Gasteiger charge is -2.15. The van der Waals surface area contributed by atoms with Gasteiger partial charge in [-0.1, -0.05) is 0 Å². The van der Waals surface area contributed by atoms with Gasteiger partial charge in [0, 0.05) is 6.04 Å². The third-order valence-corrected chi connectivity index (χ3v) is 3.63. The highest BCUT2D eigenvalue weighted by Crippen LogP contribution is 2.14. The predicted molar refractivity (Wildman–Crippen MR) is 68.7 cm³/mol. The second-order valence-electron chi connectivity index (χ2n) is 4.43. The zero-order valence-corrected chi connectivity index (χ0v) is 12.0. The molecule has 8 nitrogen and oxygen atoms in total. The van der Waals surface area contributed by atoms with Crippen molar-refractivity contribution >= 4 is 21.9 Å². The first kappa shape index (κ1) is 16.2. The Morgan fingerprint density at radius 2 is 1.85 bits per heavy atom. The molecule has 0 aliphatic carbocycles. The molecule has 1 atom stereocenters. The van der Waals surface area contributed by atoms with Gasteiger partial charge in [-0.15, -0.1) is 0 Å². The average Bonchev–Trinajstić information content (AvgIpc) is 2.77. The summed E-state index contributed by atoms with van der Waals surface area (Å²) in [6, 6.07) is 0.895. The Morgan fingerprint density at radius 3 is 2.30 bits per heavy atom. The highest BCUT2D eigenvalue weighted by molar-refractivity contribution is 7.89. The molecule has 112 valence electrons. The molecule has 1 rings (SSSR count). The summed E-state index contributed by atoms with van der Waals surface area (Å²) in [5.74, 6) is -2.37. The van der Waals surface area contributed by atoms with Crippen LogP contribution in [0.3, 0.4) is 0 Å². The number of amides is 1. The van der Waals surface area contributed by atoms with Crippen molar-refractivity contribution in [3.63, 3.8) is 0 Å². The van der Waals surface area contributed by atoms with Gasteiger partial charge in [0.25, 0.3) is 10.0 Å². The number of furan rings is 1. The Balaban J connectivity index is 2.83.